The van der Waals surface area contributed by atoms with Crippen LogP contribution in [0.15, 0.2) is 47.3 Å². The molecule has 0 aliphatic carbocycles. The fourth-order valence-corrected chi connectivity index (χ4v) is 1.62. The molecule has 1 amide bonds. The van der Waals surface area contributed by atoms with Gasteiger partial charge in [0.1, 0.15) is 5.69 Å². The van der Waals surface area contributed by atoms with Gasteiger partial charge in [-0.1, -0.05) is 18.2 Å². The van der Waals surface area contributed by atoms with Crippen LogP contribution >= 0.6 is 0 Å². The third-order valence-electron chi connectivity index (χ3n) is 2.59. The highest BCUT2D eigenvalue weighted by Gasteiger charge is 2.10. The first-order valence-electron chi connectivity index (χ1n) is 6.20. The monoisotopic (exact) mass is 273 g/mol. The molecule has 104 valence electrons. The molecule has 20 heavy (non-hydrogen) atoms. The van der Waals surface area contributed by atoms with Crippen LogP contribution in [-0.4, -0.2) is 33.4 Å². The summed E-state index contributed by atoms with van der Waals surface area (Å²) >= 11 is 0. The van der Waals surface area contributed by atoms with Crippen LogP contribution < -0.4 is 10.9 Å². The maximum absolute atomic E-state index is 11.8. The summed E-state index contributed by atoms with van der Waals surface area (Å²) in [7, 11) is 0. The summed E-state index contributed by atoms with van der Waals surface area (Å²) in [6, 6.07) is 11.5. The molecule has 1 aromatic carbocycles. The van der Waals surface area contributed by atoms with E-state index in [0.717, 1.165) is 4.68 Å². The van der Waals surface area contributed by atoms with E-state index in [9.17, 15) is 9.59 Å². The van der Waals surface area contributed by atoms with Crippen molar-refractivity contribution in [1.82, 2.24) is 15.1 Å². The smallest absolute Gasteiger partial charge is 0.271 e. The highest BCUT2D eigenvalue weighted by molar-refractivity contribution is 5.92. The predicted octanol–water partition coefficient (Wildman–Crippen LogP) is 0.343. The minimum absolute atomic E-state index is 0.120. The van der Waals surface area contributed by atoms with Crippen molar-refractivity contribution in [2.75, 3.05) is 6.54 Å². The number of nitrogens with one attached hydrogen (secondary N) is 1. The van der Waals surface area contributed by atoms with Gasteiger partial charge >= 0.3 is 0 Å². The molecule has 0 bridgehead atoms. The van der Waals surface area contributed by atoms with Crippen molar-refractivity contribution in [3.05, 3.63) is 58.5 Å². The molecule has 0 aliphatic heterocycles. The number of aliphatic hydroxyl groups is 1. The molecular weight excluding hydrogens is 258 g/mol. The summed E-state index contributed by atoms with van der Waals surface area (Å²) < 4.78 is 1.16. The first-order chi connectivity index (χ1) is 9.58. The highest BCUT2D eigenvalue weighted by Crippen LogP contribution is 2.02. The summed E-state index contributed by atoms with van der Waals surface area (Å²) in [4.78, 5) is 23.6. The molecule has 2 rings (SSSR count). The standard InChI is InChI=1S/C14H15N3O3/c1-10(18)9-15-14(20)12-7-8-13(19)17(16-12)11-5-3-2-4-6-11/h2-8,10,18H,9H2,1H3,(H,15,20). The number of para-hydroxylation sites is 1. The molecule has 0 saturated heterocycles. The minimum atomic E-state index is -0.640. The molecule has 0 saturated carbocycles. The van der Waals surface area contributed by atoms with E-state index in [1.165, 1.54) is 12.1 Å². The zero-order valence-corrected chi connectivity index (χ0v) is 11.0. The first kappa shape index (κ1) is 14.0. The number of amides is 1. The van der Waals surface area contributed by atoms with Crippen LogP contribution in [0.3, 0.4) is 0 Å². The average Bonchev–Trinajstić information content (AvgIpc) is 2.46. The van der Waals surface area contributed by atoms with Crippen molar-refractivity contribution < 1.29 is 9.90 Å². The Balaban J connectivity index is 2.30. The maximum atomic E-state index is 11.8. The van der Waals surface area contributed by atoms with Crippen molar-refractivity contribution in [3.63, 3.8) is 0 Å². The lowest BCUT2D eigenvalue weighted by atomic mass is 10.3. The van der Waals surface area contributed by atoms with Gasteiger partial charge in [-0.3, -0.25) is 9.59 Å². The van der Waals surface area contributed by atoms with Gasteiger partial charge in [0.05, 0.1) is 11.8 Å². The highest BCUT2D eigenvalue weighted by atomic mass is 16.3. The Labute approximate surface area is 115 Å². The van der Waals surface area contributed by atoms with Gasteiger partial charge in [0.15, 0.2) is 0 Å². The van der Waals surface area contributed by atoms with E-state index in [0.29, 0.717) is 5.69 Å². The van der Waals surface area contributed by atoms with Crippen LogP contribution in [0.1, 0.15) is 17.4 Å². The van der Waals surface area contributed by atoms with Crippen LogP contribution in [-0.2, 0) is 0 Å². The molecule has 2 aromatic rings. The van der Waals surface area contributed by atoms with Crippen molar-refractivity contribution in [3.8, 4) is 5.69 Å². The van der Waals surface area contributed by atoms with Gasteiger partial charge in [-0.25, -0.2) is 0 Å². The second-order valence-electron chi connectivity index (χ2n) is 4.36. The SMILES string of the molecule is CC(O)CNC(=O)c1ccc(=O)n(-c2ccccc2)n1. The summed E-state index contributed by atoms with van der Waals surface area (Å²) in [5, 5.41) is 15.7. The molecule has 2 N–H and O–H groups in total. The Morgan fingerprint density at radius 3 is 2.65 bits per heavy atom. The van der Waals surface area contributed by atoms with E-state index >= 15 is 0 Å². The zero-order valence-electron chi connectivity index (χ0n) is 11.0. The maximum Gasteiger partial charge on any atom is 0.271 e. The van der Waals surface area contributed by atoms with Gasteiger partial charge in [0.25, 0.3) is 11.5 Å². The van der Waals surface area contributed by atoms with Crippen molar-refractivity contribution >= 4 is 5.91 Å². The second kappa shape index (κ2) is 6.12. The summed E-state index contributed by atoms with van der Waals surface area (Å²) in [5.41, 5.74) is 0.389. The molecular formula is C14H15N3O3. The van der Waals surface area contributed by atoms with Crippen molar-refractivity contribution in [2.45, 2.75) is 13.0 Å². The van der Waals surface area contributed by atoms with Crippen LogP contribution in [0.25, 0.3) is 5.69 Å². The quantitative estimate of drug-likeness (QED) is 0.841. The third-order valence-corrected chi connectivity index (χ3v) is 2.59. The number of benzene rings is 1. The molecule has 1 atom stereocenters. The van der Waals surface area contributed by atoms with Crippen molar-refractivity contribution in [1.29, 1.82) is 0 Å². The molecule has 0 radical (unpaired) electrons. The van der Waals surface area contributed by atoms with Gasteiger partial charge in [-0.15, -0.1) is 0 Å². The first-order valence-corrected chi connectivity index (χ1v) is 6.20. The fourth-order valence-electron chi connectivity index (χ4n) is 1.62. The average molecular weight is 273 g/mol. The van der Waals surface area contributed by atoms with Gasteiger partial charge in [0.2, 0.25) is 0 Å². The largest absolute Gasteiger partial charge is 0.392 e. The van der Waals surface area contributed by atoms with Gasteiger partial charge in [-0.05, 0) is 25.1 Å². The van der Waals surface area contributed by atoms with E-state index in [1.54, 1.807) is 31.2 Å². The number of carbonyl (C=O) groups is 1. The Morgan fingerprint density at radius 2 is 2.00 bits per heavy atom. The molecule has 1 unspecified atom stereocenters. The summed E-state index contributed by atoms with van der Waals surface area (Å²) in [6.07, 6.45) is -0.640. The van der Waals surface area contributed by atoms with Crippen LogP contribution in [0.2, 0.25) is 0 Å². The topological polar surface area (TPSA) is 84.2 Å². The van der Waals surface area contributed by atoms with Gasteiger partial charge in [0, 0.05) is 12.6 Å². The van der Waals surface area contributed by atoms with E-state index in [-0.39, 0.29) is 17.8 Å². The van der Waals surface area contributed by atoms with E-state index in [4.69, 9.17) is 5.11 Å². The Hall–Kier alpha value is -2.47. The minimum Gasteiger partial charge on any atom is -0.392 e. The van der Waals surface area contributed by atoms with E-state index < -0.39 is 12.0 Å². The number of rotatable bonds is 4. The molecule has 6 heteroatoms. The molecule has 0 spiro atoms. The Bertz CT molecular complexity index is 650. The van der Waals surface area contributed by atoms with Crippen LogP contribution in [0, 0.1) is 0 Å². The van der Waals surface area contributed by atoms with Gasteiger partial charge < -0.3 is 10.4 Å². The molecule has 0 fully saturated rings. The molecule has 1 heterocycles. The molecule has 1 aromatic heterocycles. The second-order valence-corrected chi connectivity index (χ2v) is 4.36. The van der Waals surface area contributed by atoms with E-state index in [1.807, 2.05) is 6.07 Å². The lowest BCUT2D eigenvalue weighted by molar-refractivity contribution is 0.0917. The Kier molecular flexibility index (Phi) is 4.27. The third kappa shape index (κ3) is 3.30. The predicted molar refractivity (Wildman–Crippen MR) is 73.8 cm³/mol. The number of carbonyl (C=O) groups excluding carboxylic acids is 1. The number of aliphatic hydroxyl groups excluding tert-OH is 1. The number of nitrogens with zero attached hydrogens (tertiary/aromatic N) is 2. The number of hydrogen-bond acceptors (Lipinski definition) is 4. The number of hydrogen-bond donors (Lipinski definition) is 2. The molecule has 0 aliphatic rings. The normalized spacial score (nSPS) is 11.9. The van der Waals surface area contributed by atoms with Crippen molar-refractivity contribution in [2.24, 2.45) is 0 Å². The van der Waals surface area contributed by atoms with Crippen LogP contribution in [0.4, 0.5) is 0 Å². The zero-order chi connectivity index (χ0) is 14.5. The summed E-state index contributed by atoms with van der Waals surface area (Å²) in [6.45, 7) is 1.70. The molecule has 6 nitrogen and oxygen atoms in total. The van der Waals surface area contributed by atoms with Gasteiger partial charge in [-0.2, -0.15) is 9.78 Å². The van der Waals surface area contributed by atoms with Crippen LogP contribution in [0.5, 0.6) is 0 Å². The lowest BCUT2D eigenvalue weighted by Crippen LogP contribution is -2.33. The lowest BCUT2D eigenvalue weighted by Gasteiger charge is -2.08. The Morgan fingerprint density at radius 1 is 1.30 bits per heavy atom. The van der Waals surface area contributed by atoms with E-state index in [2.05, 4.69) is 10.4 Å². The summed E-state index contributed by atoms with van der Waals surface area (Å²) in [5.74, 6) is -0.435. The number of aromatic nitrogens is 2. The fraction of sp³-hybridized carbons (Fsp3) is 0.214.